The summed E-state index contributed by atoms with van der Waals surface area (Å²) in [5.41, 5.74) is 8.30. The number of hydrogen-bond acceptors (Lipinski definition) is 3. The van der Waals surface area contributed by atoms with Gasteiger partial charge in [0.15, 0.2) is 0 Å². The van der Waals surface area contributed by atoms with Gasteiger partial charge in [0.1, 0.15) is 0 Å². The summed E-state index contributed by atoms with van der Waals surface area (Å²) in [6.45, 7) is 2.46. The van der Waals surface area contributed by atoms with Crippen LogP contribution in [0.4, 0.5) is 0 Å². The van der Waals surface area contributed by atoms with E-state index in [0.717, 1.165) is 18.8 Å². The normalized spacial score (nSPS) is 12.6. The first-order chi connectivity index (χ1) is 9.29. The van der Waals surface area contributed by atoms with Crippen LogP contribution in [0.25, 0.3) is 0 Å². The average molecular weight is 255 g/mol. The maximum absolute atomic E-state index is 5.90. The van der Waals surface area contributed by atoms with Gasteiger partial charge >= 0.3 is 0 Å². The molecule has 2 aromatic rings. The maximum Gasteiger partial charge on any atom is 0.0543 e. The van der Waals surface area contributed by atoms with E-state index < -0.39 is 0 Å². The number of rotatable bonds is 6. The summed E-state index contributed by atoms with van der Waals surface area (Å²) in [6.07, 6.45) is 1.83. The Morgan fingerprint density at radius 2 is 1.84 bits per heavy atom. The third-order valence-electron chi connectivity index (χ3n) is 3.25. The van der Waals surface area contributed by atoms with Crippen molar-refractivity contribution < 1.29 is 0 Å². The van der Waals surface area contributed by atoms with Gasteiger partial charge in [-0.05, 0) is 24.7 Å². The van der Waals surface area contributed by atoms with E-state index >= 15 is 0 Å². The van der Waals surface area contributed by atoms with Crippen LogP contribution in [0.5, 0.6) is 0 Å². The van der Waals surface area contributed by atoms with Crippen molar-refractivity contribution in [1.82, 2.24) is 9.88 Å². The Bertz CT molecular complexity index is 470. The second-order valence-corrected chi connectivity index (χ2v) is 4.86. The Balaban J connectivity index is 1.95. The highest BCUT2D eigenvalue weighted by Gasteiger charge is 2.12. The molecule has 1 heterocycles. The van der Waals surface area contributed by atoms with Gasteiger partial charge < -0.3 is 5.73 Å². The predicted molar refractivity (Wildman–Crippen MR) is 78.8 cm³/mol. The van der Waals surface area contributed by atoms with Crippen LogP contribution in [0.3, 0.4) is 0 Å². The molecule has 1 unspecified atom stereocenters. The molecule has 0 amide bonds. The maximum atomic E-state index is 5.90. The van der Waals surface area contributed by atoms with Gasteiger partial charge in [0.05, 0.1) is 5.69 Å². The highest BCUT2D eigenvalue weighted by Crippen LogP contribution is 2.15. The van der Waals surface area contributed by atoms with E-state index in [1.807, 2.05) is 24.4 Å². The molecule has 1 aromatic carbocycles. The van der Waals surface area contributed by atoms with E-state index in [1.54, 1.807) is 0 Å². The van der Waals surface area contributed by atoms with E-state index in [0.29, 0.717) is 12.5 Å². The fourth-order valence-corrected chi connectivity index (χ4v) is 2.25. The smallest absolute Gasteiger partial charge is 0.0543 e. The van der Waals surface area contributed by atoms with E-state index in [4.69, 9.17) is 5.73 Å². The highest BCUT2D eigenvalue weighted by molar-refractivity contribution is 5.20. The first-order valence-electron chi connectivity index (χ1n) is 6.63. The monoisotopic (exact) mass is 255 g/mol. The Kier molecular flexibility index (Phi) is 5.07. The van der Waals surface area contributed by atoms with Gasteiger partial charge in [-0.25, -0.2) is 0 Å². The Labute approximate surface area is 115 Å². The number of hydrogen-bond donors (Lipinski definition) is 1. The van der Waals surface area contributed by atoms with Crippen molar-refractivity contribution >= 4 is 0 Å². The van der Waals surface area contributed by atoms with Crippen molar-refractivity contribution in [2.45, 2.75) is 12.5 Å². The van der Waals surface area contributed by atoms with Crippen LogP contribution < -0.4 is 5.73 Å². The number of likely N-dealkylation sites (N-methyl/N-ethyl adjacent to an activating group) is 1. The molecule has 0 aliphatic rings. The zero-order valence-corrected chi connectivity index (χ0v) is 11.4. The molecule has 1 atom stereocenters. The summed E-state index contributed by atoms with van der Waals surface area (Å²) >= 11 is 0. The van der Waals surface area contributed by atoms with Gasteiger partial charge in [-0.3, -0.25) is 9.88 Å². The molecule has 0 bridgehead atoms. The zero-order valence-electron chi connectivity index (χ0n) is 11.4. The van der Waals surface area contributed by atoms with Crippen LogP contribution >= 0.6 is 0 Å². The first kappa shape index (κ1) is 13.7. The molecule has 3 nitrogen and oxygen atoms in total. The van der Waals surface area contributed by atoms with Crippen molar-refractivity contribution in [3.8, 4) is 0 Å². The molecule has 0 spiro atoms. The summed E-state index contributed by atoms with van der Waals surface area (Å²) in [6, 6.07) is 16.5. The molecule has 1 aromatic heterocycles. The SMILES string of the molecule is CN(Cc1ccccn1)CC(CN)c1ccccc1. The lowest BCUT2D eigenvalue weighted by molar-refractivity contribution is 0.301. The predicted octanol–water partition coefficient (Wildman–Crippen LogP) is 2.26. The second-order valence-electron chi connectivity index (χ2n) is 4.86. The third kappa shape index (κ3) is 4.16. The minimum atomic E-state index is 0.370. The molecule has 0 aliphatic heterocycles. The Morgan fingerprint density at radius 1 is 1.11 bits per heavy atom. The van der Waals surface area contributed by atoms with Crippen LogP contribution in [0, 0.1) is 0 Å². The first-order valence-corrected chi connectivity index (χ1v) is 6.63. The lowest BCUT2D eigenvalue weighted by Crippen LogP contribution is -2.28. The van der Waals surface area contributed by atoms with Crippen LogP contribution in [-0.4, -0.2) is 30.0 Å². The lowest BCUT2D eigenvalue weighted by atomic mass is 9.99. The Morgan fingerprint density at radius 3 is 2.47 bits per heavy atom. The average Bonchev–Trinajstić information content (AvgIpc) is 2.47. The van der Waals surface area contributed by atoms with E-state index in [2.05, 4.69) is 47.3 Å². The minimum absolute atomic E-state index is 0.370. The second kappa shape index (κ2) is 7.02. The lowest BCUT2D eigenvalue weighted by Gasteiger charge is -2.23. The molecule has 2 rings (SSSR count). The number of benzene rings is 1. The number of aromatic nitrogens is 1. The largest absolute Gasteiger partial charge is 0.330 e. The topological polar surface area (TPSA) is 42.2 Å². The van der Waals surface area contributed by atoms with Crippen molar-refractivity contribution in [3.63, 3.8) is 0 Å². The molecule has 0 aliphatic carbocycles. The molecule has 19 heavy (non-hydrogen) atoms. The van der Waals surface area contributed by atoms with E-state index in [9.17, 15) is 0 Å². The van der Waals surface area contributed by atoms with Crippen molar-refractivity contribution in [2.24, 2.45) is 5.73 Å². The van der Waals surface area contributed by atoms with Crippen molar-refractivity contribution in [2.75, 3.05) is 20.1 Å². The summed E-state index contributed by atoms with van der Waals surface area (Å²) < 4.78 is 0. The molecule has 2 N–H and O–H groups in total. The van der Waals surface area contributed by atoms with Gasteiger partial charge in [0.25, 0.3) is 0 Å². The minimum Gasteiger partial charge on any atom is -0.330 e. The molecule has 0 fully saturated rings. The standard InChI is InChI=1S/C16H21N3/c1-19(13-16-9-5-6-10-18-16)12-15(11-17)14-7-3-2-4-8-14/h2-10,15H,11-13,17H2,1H3. The van der Waals surface area contributed by atoms with Gasteiger partial charge in [0, 0.05) is 31.7 Å². The summed E-state index contributed by atoms with van der Waals surface area (Å²) in [5, 5.41) is 0. The third-order valence-corrected chi connectivity index (χ3v) is 3.25. The number of pyridine rings is 1. The van der Waals surface area contributed by atoms with Gasteiger partial charge in [-0.15, -0.1) is 0 Å². The quantitative estimate of drug-likeness (QED) is 0.861. The summed E-state index contributed by atoms with van der Waals surface area (Å²) in [5.74, 6) is 0.370. The fraction of sp³-hybridized carbons (Fsp3) is 0.312. The van der Waals surface area contributed by atoms with Gasteiger partial charge in [-0.2, -0.15) is 0 Å². The number of nitrogens with two attached hydrogens (primary N) is 1. The molecule has 100 valence electrons. The number of nitrogens with zero attached hydrogens (tertiary/aromatic N) is 2. The molecular weight excluding hydrogens is 234 g/mol. The summed E-state index contributed by atoms with van der Waals surface area (Å²) in [7, 11) is 2.11. The van der Waals surface area contributed by atoms with Gasteiger partial charge in [0.2, 0.25) is 0 Å². The van der Waals surface area contributed by atoms with Crippen molar-refractivity contribution in [1.29, 1.82) is 0 Å². The molecule has 3 heteroatoms. The fourth-order valence-electron chi connectivity index (χ4n) is 2.25. The molecular formula is C16H21N3. The van der Waals surface area contributed by atoms with Crippen molar-refractivity contribution in [3.05, 3.63) is 66.0 Å². The zero-order chi connectivity index (χ0) is 13.5. The Hall–Kier alpha value is -1.71. The van der Waals surface area contributed by atoms with Crippen LogP contribution in [0.1, 0.15) is 17.2 Å². The molecule has 0 saturated carbocycles. The van der Waals surface area contributed by atoms with Crippen LogP contribution in [-0.2, 0) is 6.54 Å². The van der Waals surface area contributed by atoms with Crippen LogP contribution in [0.2, 0.25) is 0 Å². The van der Waals surface area contributed by atoms with E-state index in [-0.39, 0.29) is 0 Å². The molecule has 0 saturated heterocycles. The van der Waals surface area contributed by atoms with E-state index in [1.165, 1.54) is 5.56 Å². The summed E-state index contributed by atoms with van der Waals surface area (Å²) in [4.78, 5) is 6.62. The molecule has 0 radical (unpaired) electrons. The highest BCUT2D eigenvalue weighted by atomic mass is 15.1. The van der Waals surface area contributed by atoms with Crippen LogP contribution in [0.15, 0.2) is 54.7 Å². The van der Waals surface area contributed by atoms with Gasteiger partial charge in [-0.1, -0.05) is 36.4 Å².